The third-order valence-electron chi connectivity index (χ3n) is 4.40. The van der Waals surface area contributed by atoms with Crippen molar-refractivity contribution in [2.45, 2.75) is 6.54 Å². The summed E-state index contributed by atoms with van der Waals surface area (Å²) in [7, 11) is 1.62. The maximum absolute atomic E-state index is 13.4. The number of aromatic nitrogens is 2. The number of hydrogen-bond acceptors (Lipinski definition) is 4. The number of hydrogen-bond donors (Lipinski definition) is 0. The van der Waals surface area contributed by atoms with Gasteiger partial charge in [0, 0.05) is 28.6 Å². The van der Waals surface area contributed by atoms with Gasteiger partial charge >= 0.3 is 0 Å². The van der Waals surface area contributed by atoms with Crippen LogP contribution < -0.4 is 5.56 Å². The Bertz CT molecular complexity index is 1130. The van der Waals surface area contributed by atoms with Crippen molar-refractivity contribution in [1.29, 1.82) is 0 Å². The molecule has 2 aromatic heterocycles. The van der Waals surface area contributed by atoms with Crippen LogP contribution in [0.25, 0.3) is 32.7 Å². The Morgan fingerprint density at radius 2 is 1.81 bits per heavy atom. The standard InChI is InChI=1S/C21H17ClN2O2S/c1-26-12-11-24-19(15-7-9-16(22)10-8-15)23-20-18(21(24)25)17(13-27-20)14-5-3-2-4-6-14/h2-10,13H,11-12H2,1H3. The predicted molar refractivity (Wildman–Crippen MR) is 112 cm³/mol. The number of methoxy groups -OCH3 is 1. The summed E-state index contributed by atoms with van der Waals surface area (Å²) >= 11 is 7.50. The number of nitrogens with zero attached hydrogens (tertiary/aromatic N) is 2. The number of fused-ring (bicyclic) bond motifs is 1. The van der Waals surface area contributed by atoms with Crippen molar-refractivity contribution in [2.24, 2.45) is 0 Å². The van der Waals surface area contributed by atoms with E-state index in [9.17, 15) is 4.79 Å². The van der Waals surface area contributed by atoms with Gasteiger partial charge in [-0.15, -0.1) is 11.3 Å². The summed E-state index contributed by atoms with van der Waals surface area (Å²) < 4.78 is 6.90. The molecule has 0 bridgehead atoms. The van der Waals surface area contributed by atoms with E-state index in [2.05, 4.69) is 0 Å². The van der Waals surface area contributed by atoms with Crippen LogP contribution in [-0.2, 0) is 11.3 Å². The zero-order valence-corrected chi connectivity index (χ0v) is 16.3. The fourth-order valence-electron chi connectivity index (χ4n) is 3.06. The van der Waals surface area contributed by atoms with Gasteiger partial charge < -0.3 is 4.74 Å². The SMILES string of the molecule is COCCn1c(-c2ccc(Cl)cc2)nc2scc(-c3ccccc3)c2c1=O. The molecule has 0 unspecified atom stereocenters. The van der Waals surface area contributed by atoms with Crippen molar-refractivity contribution in [3.63, 3.8) is 0 Å². The summed E-state index contributed by atoms with van der Waals surface area (Å²) in [4.78, 5) is 19.0. The van der Waals surface area contributed by atoms with Gasteiger partial charge in [0.2, 0.25) is 0 Å². The lowest BCUT2D eigenvalue weighted by molar-refractivity contribution is 0.186. The molecule has 0 atom stereocenters. The maximum atomic E-state index is 13.4. The Balaban J connectivity index is 1.97. The van der Waals surface area contributed by atoms with Gasteiger partial charge in [0.15, 0.2) is 0 Å². The molecular weight excluding hydrogens is 380 g/mol. The Kier molecular flexibility index (Phi) is 5.07. The fourth-order valence-corrected chi connectivity index (χ4v) is 4.13. The van der Waals surface area contributed by atoms with E-state index in [4.69, 9.17) is 21.3 Å². The van der Waals surface area contributed by atoms with Crippen LogP contribution in [0.3, 0.4) is 0 Å². The van der Waals surface area contributed by atoms with E-state index in [1.807, 2.05) is 47.8 Å². The molecule has 0 saturated carbocycles. The average Bonchev–Trinajstić information content (AvgIpc) is 3.13. The summed E-state index contributed by atoms with van der Waals surface area (Å²) in [6.07, 6.45) is 0. The van der Waals surface area contributed by atoms with Crippen molar-refractivity contribution in [3.05, 3.63) is 75.4 Å². The number of thiophene rings is 1. The van der Waals surface area contributed by atoms with E-state index >= 15 is 0 Å². The van der Waals surface area contributed by atoms with E-state index in [0.29, 0.717) is 29.4 Å². The van der Waals surface area contributed by atoms with Gasteiger partial charge in [-0.05, 0) is 29.8 Å². The molecule has 0 aliphatic heterocycles. The largest absolute Gasteiger partial charge is 0.383 e. The summed E-state index contributed by atoms with van der Waals surface area (Å²) in [5.41, 5.74) is 2.73. The third kappa shape index (κ3) is 3.41. The highest BCUT2D eigenvalue weighted by atomic mass is 35.5. The quantitative estimate of drug-likeness (QED) is 0.472. The molecule has 0 spiro atoms. The molecule has 2 heterocycles. The Morgan fingerprint density at radius 3 is 2.52 bits per heavy atom. The molecular formula is C21H17ClN2O2S. The Labute approximate surface area is 165 Å². The molecule has 0 fully saturated rings. The average molecular weight is 397 g/mol. The zero-order valence-electron chi connectivity index (χ0n) is 14.7. The van der Waals surface area contributed by atoms with Gasteiger partial charge in [-0.25, -0.2) is 4.98 Å². The highest BCUT2D eigenvalue weighted by molar-refractivity contribution is 7.17. The van der Waals surface area contributed by atoms with Crippen LogP contribution >= 0.6 is 22.9 Å². The third-order valence-corrected chi connectivity index (χ3v) is 5.52. The van der Waals surface area contributed by atoms with Crippen LogP contribution in [0.1, 0.15) is 0 Å². The molecule has 2 aromatic carbocycles. The van der Waals surface area contributed by atoms with E-state index in [-0.39, 0.29) is 5.56 Å². The second kappa shape index (κ2) is 7.64. The molecule has 4 rings (SSSR count). The van der Waals surface area contributed by atoms with Gasteiger partial charge in [0.25, 0.3) is 5.56 Å². The van der Waals surface area contributed by atoms with E-state index in [1.54, 1.807) is 23.8 Å². The molecule has 0 N–H and O–H groups in total. The molecule has 27 heavy (non-hydrogen) atoms. The molecule has 0 saturated heterocycles. The Morgan fingerprint density at radius 1 is 1.07 bits per heavy atom. The van der Waals surface area contributed by atoms with Crippen molar-refractivity contribution in [2.75, 3.05) is 13.7 Å². The van der Waals surface area contributed by atoms with E-state index < -0.39 is 0 Å². The lowest BCUT2D eigenvalue weighted by atomic mass is 10.1. The molecule has 0 aliphatic rings. The van der Waals surface area contributed by atoms with Gasteiger partial charge in [-0.1, -0.05) is 41.9 Å². The van der Waals surface area contributed by atoms with Gasteiger partial charge in [-0.2, -0.15) is 0 Å². The maximum Gasteiger partial charge on any atom is 0.263 e. The summed E-state index contributed by atoms with van der Waals surface area (Å²) in [5, 5.41) is 3.30. The number of rotatable bonds is 5. The molecule has 0 radical (unpaired) electrons. The minimum atomic E-state index is -0.0536. The summed E-state index contributed by atoms with van der Waals surface area (Å²) in [5.74, 6) is 0.627. The summed E-state index contributed by atoms with van der Waals surface area (Å²) in [6.45, 7) is 0.860. The van der Waals surface area contributed by atoms with Gasteiger partial charge in [0.1, 0.15) is 10.7 Å². The molecule has 136 valence electrons. The Hall–Kier alpha value is -2.47. The van der Waals surface area contributed by atoms with Crippen LogP contribution in [-0.4, -0.2) is 23.3 Å². The molecule has 6 heteroatoms. The predicted octanol–water partition coefficient (Wildman–Crippen LogP) is 5.09. The van der Waals surface area contributed by atoms with Gasteiger partial charge in [-0.3, -0.25) is 9.36 Å². The lowest BCUT2D eigenvalue weighted by Crippen LogP contribution is -2.25. The van der Waals surface area contributed by atoms with Crippen molar-refractivity contribution in [1.82, 2.24) is 9.55 Å². The van der Waals surface area contributed by atoms with Gasteiger partial charge in [0.05, 0.1) is 18.5 Å². The lowest BCUT2D eigenvalue weighted by Gasteiger charge is -2.13. The molecule has 4 nitrogen and oxygen atoms in total. The van der Waals surface area contributed by atoms with Crippen molar-refractivity contribution >= 4 is 33.2 Å². The van der Waals surface area contributed by atoms with Crippen LogP contribution in [0.2, 0.25) is 5.02 Å². The minimum absolute atomic E-state index is 0.0536. The first-order chi connectivity index (χ1) is 13.2. The topological polar surface area (TPSA) is 44.1 Å². The summed E-state index contributed by atoms with van der Waals surface area (Å²) in [6, 6.07) is 17.3. The monoisotopic (exact) mass is 396 g/mol. The van der Waals surface area contributed by atoms with Crippen LogP contribution in [0.5, 0.6) is 0 Å². The molecule has 0 amide bonds. The second-order valence-electron chi connectivity index (χ2n) is 6.09. The molecule has 0 aliphatic carbocycles. The highest BCUT2D eigenvalue weighted by Crippen LogP contribution is 2.32. The number of benzene rings is 2. The molecule has 4 aromatic rings. The van der Waals surface area contributed by atoms with Crippen molar-refractivity contribution in [3.8, 4) is 22.5 Å². The van der Waals surface area contributed by atoms with E-state index in [1.165, 1.54) is 11.3 Å². The first-order valence-corrected chi connectivity index (χ1v) is 9.77. The normalized spacial score (nSPS) is 11.2. The smallest absolute Gasteiger partial charge is 0.263 e. The van der Waals surface area contributed by atoms with E-state index in [0.717, 1.165) is 21.5 Å². The second-order valence-corrected chi connectivity index (χ2v) is 7.38. The van der Waals surface area contributed by atoms with Crippen LogP contribution in [0.15, 0.2) is 64.8 Å². The van der Waals surface area contributed by atoms with Crippen LogP contribution in [0, 0.1) is 0 Å². The minimum Gasteiger partial charge on any atom is -0.383 e. The zero-order chi connectivity index (χ0) is 18.8. The fraction of sp³-hybridized carbons (Fsp3) is 0.143. The van der Waals surface area contributed by atoms with Crippen LogP contribution in [0.4, 0.5) is 0 Å². The first kappa shape index (κ1) is 17.9. The number of ether oxygens (including phenoxy) is 1. The first-order valence-electron chi connectivity index (χ1n) is 8.51. The highest BCUT2D eigenvalue weighted by Gasteiger charge is 2.18. The van der Waals surface area contributed by atoms with Crippen molar-refractivity contribution < 1.29 is 4.74 Å². The number of halogens is 1.